The van der Waals surface area contributed by atoms with E-state index in [0.717, 1.165) is 5.69 Å². The number of anilines is 1. The Labute approximate surface area is 140 Å². The van der Waals surface area contributed by atoms with Crippen LogP contribution in [0.25, 0.3) is 0 Å². The Kier molecular flexibility index (Phi) is 6.63. The molecule has 1 fully saturated rings. The zero-order valence-corrected chi connectivity index (χ0v) is 14.1. The van der Waals surface area contributed by atoms with E-state index in [1.807, 2.05) is 18.2 Å². The average Bonchev–Trinajstić information content (AvgIpc) is 2.76. The number of halogens is 3. The lowest BCUT2D eigenvalue weighted by atomic mass is 10.1. The highest BCUT2D eigenvalue weighted by atomic mass is 127. The van der Waals surface area contributed by atoms with Crippen LogP contribution in [0.3, 0.4) is 0 Å². The maximum atomic E-state index is 13.0. The summed E-state index contributed by atoms with van der Waals surface area (Å²) in [5.74, 6) is -1.68. The van der Waals surface area contributed by atoms with Gasteiger partial charge in [-0.25, -0.2) is 8.78 Å². The van der Waals surface area contributed by atoms with E-state index >= 15 is 0 Å². The van der Waals surface area contributed by atoms with Gasteiger partial charge in [-0.15, -0.1) is 24.0 Å². The maximum absolute atomic E-state index is 13.0. The Bertz CT molecular complexity index is 497. The second kappa shape index (κ2) is 7.77. The number of hydrogen-bond acceptors (Lipinski definition) is 2. The lowest BCUT2D eigenvalue weighted by Gasteiger charge is -2.10. The molecule has 0 aromatic heterocycles. The van der Waals surface area contributed by atoms with Crippen molar-refractivity contribution in [1.29, 1.82) is 0 Å². The highest BCUT2D eigenvalue weighted by Gasteiger charge is 2.39. The highest BCUT2D eigenvalue weighted by Crippen LogP contribution is 2.38. The van der Waals surface area contributed by atoms with Crippen molar-refractivity contribution in [2.75, 3.05) is 19.0 Å². The monoisotopic (exact) mass is 411 g/mol. The van der Waals surface area contributed by atoms with E-state index in [1.165, 1.54) is 0 Å². The van der Waals surface area contributed by atoms with Gasteiger partial charge in [-0.1, -0.05) is 6.07 Å². The summed E-state index contributed by atoms with van der Waals surface area (Å²) < 4.78 is 31.2. The first-order chi connectivity index (χ1) is 9.48. The fourth-order valence-corrected chi connectivity index (χ4v) is 2.31. The van der Waals surface area contributed by atoms with Crippen LogP contribution in [0.15, 0.2) is 29.3 Å². The molecule has 1 aliphatic carbocycles. The third-order valence-corrected chi connectivity index (χ3v) is 3.37. The molecule has 21 heavy (non-hydrogen) atoms. The summed E-state index contributed by atoms with van der Waals surface area (Å²) in [6.45, 7) is 0.332. The van der Waals surface area contributed by atoms with Gasteiger partial charge < -0.3 is 15.8 Å². The minimum absolute atomic E-state index is 0. The SMILES string of the molecule is COc1cccc(NC(N)=NCC2CCC(F)(F)C2)c1.I. The normalized spacial score (nSPS) is 20.7. The van der Waals surface area contributed by atoms with Gasteiger partial charge in [0.25, 0.3) is 0 Å². The summed E-state index contributed by atoms with van der Waals surface area (Å²) >= 11 is 0. The summed E-state index contributed by atoms with van der Waals surface area (Å²) in [7, 11) is 1.58. The number of nitrogens with zero attached hydrogens (tertiary/aromatic N) is 1. The zero-order chi connectivity index (χ0) is 14.6. The fourth-order valence-electron chi connectivity index (χ4n) is 2.31. The van der Waals surface area contributed by atoms with Gasteiger partial charge >= 0.3 is 0 Å². The number of alkyl halides is 2. The summed E-state index contributed by atoms with van der Waals surface area (Å²) in [6, 6.07) is 7.26. The number of methoxy groups -OCH3 is 1. The van der Waals surface area contributed by atoms with E-state index in [-0.39, 0.29) is 48.7 Å². The first-order valence-corrected chi connectivity index (χ1v) is 6.57. The van der Waals surface area contributed by atoms with Crippen molar-refractivity contribution in [3.63, 3.8) is 0 Å². The van der Waals surface area contributed by atoms with Crippen molar-refractivity contribution in [3.8, 4) is 5.75 Å². The van der Waals surface area contributed by atoms with Gasteiger partial charge in [0.1, 0.15) is 5.75 Å². The van der Waals surface area contributed by atoms with Gasteiger partial charge in [-0.2, -0.15) is 0 Å². The lowest BCUT2D eigenvalue weighted by molar-refractivity contribution is 0.00542. The molecule has 1 aromatic carbocycles. The molecular formula is C14H20F2IN3O. The van der Waals surface area contributed by atoms with Gasteiger partial charge in [0.15, 0.2) is 5.96 Å². The van der Waals surface area contributed by atoms with Crippen LogP contribution >= 0.6 is 24.0 Å². The fraction of sp³-hybridized carbons (Fsp3) is 0.500. The molecule has 0 radical (unpaired) electrons. The smallest absolute Gasteiger partial charge is 0.248 e. The molecule has 0 heterocycles. The Balaban J connectivity index is 0.00000220. The van der Waals surface area contributed by atoms with Crippen LogP contribution in [-0.4, -0.2) is 25.5 Å². The average molecular weight is 411 g/mol. The molecule has 3 N–H and O–H groups in total. The van der Waals surface area contributed by atoms with Crippen LogP contribution in [0, 0.1) is 5.92 Å². The topological polar surface area (TPSA) is 59.6 Å². The van der Waals surface area contributed by atoms with Crippen LogP contribution in [0.5, 0.6) is 5.75 Å². The van der Waals surface area contributed by atoms with Crippen LogP contribution in [-0.2, 0) is 0 Å². The molecule has 7 heteroatoms. The number of ether oxygens (including phenoxy) is 1. The molecule has 1 atom stereocenters. The molecule has 0 amide bonds. The van der Waals surface area contributed by atoms with E-state index < -0.39 is 5.92 Å². The Morgan fingerprint density at radius 1 is 1.52 bits per heavy atom. The van der Waals surface area contributed by atoms with Gasteiger partial charge in [-0.3, -0.25) is 4.99 Å². The number of guanidine groups is 1. The van der Waals surface area contributed by atoms with Crippen molar-refractivity contribution in [2.24, 2.45) is 16.6 Å². The molecule has 0 spiro atoms. The van der Waals surface area contributed by atoms with Crippen LogP contribution in [0.4, 0.5) is 14.5 Å². The van der Waals surface area contributed by atoms with Crippen molar-refractivity contribution in [3.05, 3.63) is 24.3 Å². The molecule has 4 nitrogen and oxygen atoms in total. The number of aliphatic imine (C=N–C) groups is 1. The number of nitrogens with one attached hydrogen (secondary N) is 1. The molecule has 2 rings (SSSR count). The van der Waals surface area contributed by atoms with Gasteiger partial charge in [0, 0.05) is 31.1 Å². The predicted molar refractivity (Wildman–Crippen MR) is 90.8 cm³/mol. The standard InChI is InChI=1S/C14H19F2N3O.HI/c1-20-12-4-2-3-11(7-12)19-13(17)18-9-10-5-6-14(15,16)8-10;/h2-4,7,10H,5-6,8-9H2,1H3,(H3,17,18,19);1H. The van der Waals surface area contributed by atoms with Gasteiger partial charge in [-0.05, 0) is 24.5 Å². The van der Waals surface area contributed by atoms with Crippen molar-refractivity contribution < 1.29 is 13.5 Å². The number of benzene rings is 1. The molecule has 1 saturated carbocycles. The first-order valence-electron chi connectivity index (χ1n) is 6.57. The lowest BCUT2D eigenvalue weighted by Crippen LogP contribution is -2.23. The van der Waals surface area contributed by atoms with Crippen molar-refractivity contribution in [1.82, 2.24) is 0 Å². The summed E-state index contributed by atoms with van der Waals surface area (Å²) in [4.78, 5) is 4.13. The molecule has 1 aliphatic rings. The molecule has 118 valence electrons. The first kappa shape index (κ1) is 17.9. The number of hydrogen-bond donors (Lipinski definition) is 2. The minimum Gasteiger partial charge on any atom is -0.497 e. The van der Waals surface area contributed by atoms with E-state index in [4.69, 9.17) is 10.5 Å². The molecule has 0 bridgehead atoms. The molecule has 1 aromatic rings. The van der Waals surface area contributed by atoms with E-state index in [9.17, 15) is 8.78 Å². The third kappa shape index (κ3) is 5.64. The molecule has 0 aliphatic heterocycles. The van der Waals surface area contributed by atoms with Crippen LogP contribution in [0.2, 0.25) is 0 Å². The molecule has 0 saturated heterocycles. The van der Waals surface area contributed by atoms with E-state index in [0.29, 0.717) is 18.7 Å². The highest BCUT2D eigenvalue weighted by molar-refractivity contribution is 14.0. The summed E-state index contributed by atoms with van der Waals surface area (Å²) in [5, 5.41) is 2.92. The second-order valence-electron chi connectivity index (χ2n) is 5.05. The van der Waals surface area contributed by atoms with Crippen LogP contribution in [0.1, 0.15) is 19.3 Å². The zero-order valence-electron chi connectivity index (χ0n) is 11.8. The largest absolute Gasteiger partial charge is 0.497 e. The quantitative estimate of drug-likeness (QED) is 0.453. The Morgan fingerprint density at radius 3 is 2.90 bits per heavy atom. The maximum Gasteiger partial charge on any atom is 0.248 e. The van der Waals surface area contributed by atoms with Crippen molar-refractivity contribution >= 4 is 35.6 Å². The Hall–Kier alpha value is -1.12. The molecular weight excluding hydrogens is 391 g/mol. The third-order valence-electron chi connectivity index (χ3n) is 3.37. The Morgan fingerprint density at radius 2 is 2.29 bits per heavy atom. The summed E-state index contributed by atoms with van der Waals surface area (Å²) in [5.41, 5.74) is 6.51. The van der Waals surface area contributed by atoms with Gasteiger partial charge in [0.05, 0.1) is 7.11 Å². The predicted octanol–water partition coefficient (Wildman–Crippen LogP) is 3.48. The number of nitrogens with two attached hydrogens (primary N) is 1. The minimum atomic E-state index is -2.53. The molecule has 1 unspecified atom stereocenters. The van der Waals surface area contributed by atoms with E-state index in [1.54, 1.807) is 13.2 Å². The summed E-state index contributed by atoms with van der Waals surface area (Å²) in [6.07, 6.45) is 0.363. The number of rotatable bonds is 4. The van der Waals surface area contributed by atoms with Gasteiger partial charge in [0.2, 0.25) is 5.92 Å². The van der Waals surface area contributed by atoms with Crippen LogP contribution < -0.4 is 15.8 Å². The van der Waals surface area contributed by atoms with E-state index in [2.05, 4.69) is 10.3 Å². The van der Waals surface area contributed by atoms with Crippen molar-refractivity contribution in [2.45, 2.75) is 25.2 Å². The second-order valence-corrected chi connectivity index (χ2v) is 5.05.